The van der Waals surface area contributed by atoms with Crippen molar-refractivity contribution in [3.8, 4) is 17.4 Å². The van der Waals surface area contributed by atoms with Gasteiger partial charge in [-0.2, -0.15) is 4.98 Å². The van der Waals surface area contributed by atoms with Crippen molar-refractivity contribution in [3.05, 3.63) is 9.77 Å². The van der Waals surface area contributed by atoms with Gasteiger partial charge in [0.1, 0.15) is 3.70 Å². The topological polar surface area (TPSA) is 62.6 Å². The van der Waals surface area contributed by atoms with Crippen LogP contribution in [0.15, 0.2) is 6.07 Å². The standard InChI is InChI=1S/C6H3F3INO3/c7-6(8,9)14-5-3(13)1-2(12)4(10)11-5/h1,12-13H. The molecular weight excluding hydrogens is 318 g/mol. The van der Waals surface area contributed by atoms with Crippen molar-refractivity contribution in [1.29, 1.82) is 0 Å². The van der Waals surface area contributed by atoms with Crippen LogP contribution in [-0.2, 0) is 0 Å². The Hall–Kier alpha value is -0.930. The van der Waals surface area contributed by atoms with E-state index in [2.05, 4.69) is 9.72 Å². The van der Waals surface area contributed by atoms with Crippen LogP contribution < -0.4 is 4.74 Å². The zero-order valence-corrected chi connectivity index (χ0v) is 8.50. The smallest absolute Gasteiger partial charge is 0.505 e. The summed E-state index contributed by atoms with van der Waals surface area (Å²) in [6.45, 7) is 0. The highest BCUT2D eigenvalue weighted by atomic mass is 127. The molecule has 0 saturated carbocycles. The molecule has 0 atom stereocenters. The lowest BCUT2D eigenvalue weighted by Gasteiger charge is -2.09. The largest absolute Gasteiger partial charge is 0.574 e. The first-order valence-corrected chi connectivity index (χ1v) is 4.21. The number of aromatic hydroxyl groups is 2. The lowest BCUT2D eigenvalue weighted by molar-refractivity contribution is -0.276. The monoisotopic (exact) mass is 321 g/mol. The lowest BCUT2D eigenvalue weighted by atomic mass is 10.4. The van der Waals surface area contributed by atoms with Crippen LogP contribution >= 0.6 is 22.6 Å². The SMILES string of the molecule is Oc1cc(O)c(OC(F)(F)F)nc1I. The molecule has 14 heavy (non-hydrogen) atoms. The van der Waals surface area contributed by atoms with Gasteiger partial charge in [-0.25, -0.2) is 0 Å². The van der Waals surface area contributed by atoms with Gasteiger partial charge in [-0.3, -0.25) is 0 Å². The fraction of sp³-hybridized carbons (Fsp3) is 0.167. The lowest BCUT2D eigenvalue weighted by Crippen LogP contribution is -2.18. The number of nitrogens with zero attached hydrogens (tertiary/aromatic N) is 1. The first-order valence-electron chi connectivity index (χ1n) is 3.14. The molecule has 4 nitrogen and oxygen atoms in total. The van der Waals surface area contributed by atoms with Crippen LogP contribution in [0.3, 0.4) is 0 Å². The molecule has 0 radical (unpaired) electrons. The fourth-order valence-corrected chi connectivity index (χ4v) is 1.01. The summed E-state index contributed by atoms with van der Waals surface area (Å²) in [6.07, 6.45) is -4.93. The van der Waals surface area contributed by atoms with E-state index in [1.807, 2.05) is 0 Å². The maximum atomic E-state index is 11.7. The molecule has 1 rings (SSSR count). The van der Waals surface area contributed by atoms with E-state index < -0.39 is 23.7 Å². The summed E-state index contributed by atoms with van der Waals surface area (Å²) in [4.78, 5) is 3.20. The Labute approximate surface area is 89.5 Å². The summed E-state index contributed by atoms with van der Waals surface area (Å²) in [5, 5.41) is 17.9. The first-order chi connectivity index (χ1) is 6.29. The van der Waals surface area contributed by atoms with Gasteiger partial charge >= 0.3 is 6.36 Å². The number of hydrogen-bond acceptors (Lipinski definition) is 4. The second-order valence-electron chi connectivity index (χ2n) is 2.17. The van der Waals surface area contributed by atoms with Crippen molar-refractivity contribution in [2.75, 3.05) is 0 Å². The molecule has 0 saturated heterocycles. The minimum Gasteiger partial charge on any atom is -0.505 e. The van der Waals surface area contributed by atoms with Crippen molar-refractivity contribution < 1.29 is 28.1 Å². The Morgan fingerprint density at radius 1 is 1.29 bits per heavy atom. The first kappa shape index (κ1) is 11.1. The molecular formula is C6H3F3INO3. The number of pyridine rings is 1. The average molecular weight is 321 g/mol. The summed E-state index contributed by atoms with van der Waals surface area (Å²) in [5.41, 5.74) is 0. The Kier molecular flexibility index (Phi) is 2.92. The fourth-order valence-electron chi connectivity index (χ4n) is 0.639. The second kappa shape index (κ2) is 3.67. The van der Waals surface area contributed by atoms with E-state index in [0.717, 1.165) is 6.07 Å². The third kappa shape index (κ3) is 2.79. The van der Waals surface area contributed by atoms with Gasteiger partial charge in [-0.1, -0.05) is 0 Å². The van der Waals surface area contributed by atoms with Gasteiger partial charge < -0.3 is 14.9 Å². The quantitative estimate of drug-likeness (QED) is 0.613. The molecule has 1 aromatic rings. The van der Waals surface area contributed by atoms with E-state index in [9.17, 15) is 13.2 Å². The maximum absolute atomic E-state index is 11.7. The molecule has 0 amide bonds. The molecule has 1 aromatic heterocycles. The molecule has 0 aromatic carbocycles. The molecule has 0 fully saturated rings. The van der Waals surface area contributed by atoms with Crippen LogP contribution in [0.25, 0.3) is 0 Å². The molecule has 0 spiro atoms. The third-order valence-electron chi connectivity index (χ3n) is 1.12. The van der Waals surface area contributed by atoms with E-state index in [1.165, 1.54) is 22.6 Å². The maximum Gasteiger partial charge on any atom is 0.574 e. The van der Waals surface area contributed by atoms with E-state index in [4.69, 9.17) is 10.2 Å². The van der Waals surface area contributed by atoms with Crippen LogP contribution in [0.4, 0.5) is 13.2 Å². The van der Waals surface area contributed by atoms with Gasteiger partial charge in [-0.15, -0.1) is 13.2 Å². The van der Waals surface area contributed by atoms with E-state index in [1.54, 1.807) is 0 Å². The van der Waals surface area contributed by atoms with Crippen LogP contribution in [0.5, 0.6) is 17.4 Å². The minimum atomic E-state index is -4.93. The summed E-state index contributed by atoms with van der Waals surface area (Å²) in [5.74, 6) is -2.28. The van der Waals surface area contributed by atoms with Gasteiger partial charge in [0.15, 0.2) is 11.5 Å². The summed E-state index contributed by atoms with van der Waals surface area (Å²) in [6, 6.07) is 0.718. The molecule has 0 unspecified atom stereocenters. The predicted molar refractivity (Wildman–Crippen MR) is 47.0 cm³/mol. The van der Waals surface area contributed by atoms with Gasteiger partial charge in [-0.05, 0) is 22.6 Å². The number of rotatable bonds is 1. The van der Waals surface area contributed by atoms with Gasteiger partial charge in [0.2, 0.25) is 0 Å². The van der Waals surface area contributed by atoms with Crippen LogP contribution in [0.1, 0.15) is 0 Å². The zero-order valence-electron chi connectivity index (χ0n) is 6.34. The second-order valence-corrected chi connectivity index (χ2v) is 3.19. The summed E-state index contributed by atoms with van der Waals surface area (Å²) < 4.78 is 38.4. The van der Waals surface area contributed by atoms with Gasteiger partial charge in [0.05, 0.1) is 0 Å². The van der Waals surface area contributed by atoms with Crippen molar-refractivity contribution in [2.45, 2.75) is 6.36 Å². The molecule has 78 valence electrons. The van der Waals surface area contributed by atoms with Crippen LogP contribution in [0, 0.1) is 3.70 Å². The summed E-state index contributed by atoms with van der Waals surface area (Å²) in [7, 11) is 0. The number of alkyl halides is 3. The van der Waals surface area contributed by atoms with E-state index in [0.29, 0.717) is 0 Å². The Bertz CT molecular complexity index is 355. The molecule has 0 aliphatic heterocycles. The highest BCUT2D eigenvalue weighted by molar-refractivity contribution is 14.1. The number of halogens is 4. The van der Waals surface area contributed by atoms with Crippen molar-refractivity contribution >= 4 is 22.6 Å². The third-order valence-corrected chi connectivity index (χ3v) is 1.91. The van der Waals surface area contributed by atoms with E-state index in [-0.39, 0.29) is 3.70 Å². The van der Waals surface area contributed by atoms with Crippen molar-refractivity contribution in [1.82, 2.24) is 4.98 Å². The molecule has 0 aliphatic carbocycles. The van der Waals surface area contributed by atoms with Gasteiger partial charge in [0, 0.05) is 6.07 Å². The van der Waals surface area contributed by atoms with E-state index >= 15 is 0 Å². The Morgan fingerprint density at radius 3 is 2.36 bits per heavy atom. The normalized spacial score (nSPS) is 11.4. The van der Waals surface area contributed by atoms with Gasteiger partial charge in [0.25, 0.3) is 5.88 Å². The van der Waals surface area contributed by atoms with Crippen LogP contribution in [0.2, 0.25) is 0 Å². The molecule has 0 aliphatic rings. The number of ether oxygens (including phenoxy) is 1. The van der Waals surface area contributed by atoms with Crippen LogP contribution in [-0.4, -0.2) is 21.6 Å². The average Bonchev–Trinajstić information content (AvgIpc) is 1.97. The number of hydrogen-bond donors (Lipinski definition) is 2. The minimum absolute atomic E-state index is 0.0975. The highest BCUT2D eigenvalue weighted by Crippen LogP contribution is 2.33. The van der Waals surface area contributed by atoms with Crippen molar-refractivity contribution in [3.63, 3.8) is 0 Å². The molecule has 1 heterocycles. The highest BCUT2D eigenvalue weighted by Gasteiger charge is 2.33. The Balaban J connectivity index is 3.04. The molecule has 2 N–H and O–H groups in total. The summed E-state index contributed by atoms with van der Waals surface area (Å²) >= 11 is 1.50. The zero-order chi connectivity index (χ0) is 10.9. The van der Waals surface area contributed by atoms with Crippen molar-refractivity contribution in [2.24, 2.45) is 0 Å². The number of aromatic nitrogens is 1. The Morgan fingerprint density at radius 2 is 1.86 bits per heavy atom. The predicted octanol–water partition coefficient (Wildman–Crippen LogP) is 2.00. The molecule has 0 bridgehead atoms. The molecule has 8 heteroatoms.